The molecular weight excluding hydrogens is 454 g/mol. The van der Waals surface area contributed by atoms with Crippen molar-refractivity contribution in [3.8, 4) is 17.5 Å². The molecule has 1 heterocycles. The van der Waals surface area contributed by atoms with Crippen molar-refractivity contribution in [1.82, 2.24) is 4.57 Å². The number of aryl methyl sites for hydroxylation is 1. The molecule has 0 fully saturated rings. The normalized spacial score (nSPS) is 11.0. The van der Waals surface area contributed by atoms with E-state index in [9.17, 15) is 14.9 Å². The van der Waals surface area contributed by atoms with Crippen LogP contribution in [0.1, 0.15) is 34.2 Å². The molecule has 3 rings (SSSR count). The minimum absolute atomic E-state index is 0.0588. The molecule has 0 saturated heterocycles. The number of hydrogen-bond acceptors (Lipinski definition) is 5. The van der Waals surface area contributed by atoms with Gasteiger partial charge >= 0.3 is 5.97 Å². The van der Waals surface area contributed by atoms with Crippen LogP contribution in [0, 0.1) is 25.2 Å². The van der Waals surface area contributed by atoms with Gasteiger partial charge in [-0.15, -0.1) is 0 Å². The highest BCUT2D eigenvalue weighted by atomic mass is 35.5. The van der Waals surface area contributed by atoms with E-state index in [-0.39, 0.29) is 5.57 Å². The maximum Gasteiger partial charge on any atom is 0.337 e. The fourth-order valence-electron chi connectivity index (χ4n) is 3.57. The van der Waals surface area contributed by atoms with Crippen molar-refractivity contribution in [3.63, 3.8) is 0 Å². The Hall–Kier alpha value is -4.02. The van der Waals surface area contributed by atoms with Crippen LogP contribution in [-0.4, -0.2) is 30.2 Å². The third-order valence-corrected chi connectivity index (χ3v) is 5.47. The van der Waals surface area contributed by atoms with Crippen molar-refractivity contribution in [2.75, 3.05) is 19.0 Å². The van der Waals surface area contributed by atoms with Gasteiger partial charge in [-0.1, -0.05) is 17.7 Å². The predicted octanol–water partition coefficient (Wildman–Crippen LogP) is 5.48. The summed E-state index contributed by atoms with van der Waals surface area (Å²) in [6.07, 6.45) is 1.53. The number of amides is 1. The Balaban J connectivity index is 1.95. The zero-order valence-electron chi connectivity index (χ0n) is 19.3. The Morgan fingerprint density at radius 3 is 2.62 bits per heavy atom. The zero-order chi connectivity index (χ0) is 24.8. The van der Waals surface area contributed by atoms with Crippen molar-refractivity contribution >= 4 is 35.2 Å². The number of carbonyl (C=O) groups is 2. The molecular formula is C26H24ClN3O4. The van der Waals surface area contributed by atoms with E-state index in [1.165, 1.54) is 13.2 Å². The van der Waals surface area contributed by atoms with Gasteiger partial charge in [-0.05, 0) is 68.8 Å². The van der Waals surface area contributed by atoms with Crippen LogP contribution >= 0.6 is 11.6 Å². The maximum absolute atomic E-state index is 12.8. The molecule has 0 spiro atoms. The number of nitrogens with zero attached hydrogens (tertiary/aromatic N) is 2. The highest BCUT2D eigenvalue weighted by Crippen LogP contribution is 2.29. The molecule has 7 nitrogen and oxygen atoms in total. The van der Waals surface area contributed by atoms with Gasteiger partial charge in [0.1, 0.15) is 17.4 Å². The van der Waals surface area contributed by atoms with Crippen LogP contribution < -0.4 is 10.1 Å². The Bertz CT molecular complexity index is 1320. The van der Waals surface area contributed by atoms with Crippen LogP contribution in [0.2, 0.25) is 5.02 Å². The van der Waals surface area contributed by atoms with Crippen molar-refractivity contribution in [3.05, 3.63) is 81.6 Å². The van der Waals surface area contributed by atoms with Crippen LogP contribution in [0.3, 0.4) is 0 Å². The quantitative estimate of drug-likeness (QED) is 0.276. The second-order valence-electron chi connectivity index (χ2n) is 7.40. The van der Waals surface area contributed by atoms with Crippen LogP contribution in [-0.2, 0) is 9.53 Å². The summed E-state index contributed by atoms with van der Waals surface area (Å²) in [7, 11) is 1.31. The lowest BCUT2D eigenvalue weighted by Crippen LogP contribution is -2.13. The highest BCUT2D eigenvalue weighted by Gasteiger charge is 2.17. The first-order chi connectivity index (χ1) is 16.3. The van der Waals surface area contributed by atoms with E-state index >= 15 is 0 Å². The molecule has 0 unspecified atom stereocenters. The third-order valence-electron chi connectivity index (χ3n) is 5.15. The second kappa shape index (κ2) is 10.7. The van der Waals surface area contributed by atoms with E-state index in [1.807, 2.05) is 37.5 Å². The van der Waals surface area contributed by atoms with E-state index in [1.54, 1.807) is 42.5 Å². The molecule has 3 aromatic rings. The number of aromatic nitrogens is 1. The lowest BCUT2D eigenvalue weighted by atomic mass is 10.1. The zero-order valence-corrected chi connectivity index (χ0v) is 20.1. The standard InChI is InChI=1S/C26H24ClN3O4/c1-5-34-22-8-6-7-21(14-22)29-25(31)20(15-28)12-19-11-16(2)30(17(19)3)24-13-18(26(32)33-4)9-10-23(24)27/h6-14H,5H2,1-4H3,(H,29,31)/b20-12-. The molecule has 0 atom stereocenters. The van der Waals surface area contributed by atoms with Crippen molar-refractivity contribution < 1.29 is 19.1 Å². The average Bonchev–Trinajstić information content (AvgIpc) is 3.10. The summed E-state index contributed by atoms with van der Waals surface area (Å²) in [6.45, 7) is 6.09. The fraction of sp³-hybridized carbons (Fsp3) is 0.192. The minimum atomic E-state index is -0.535. The molecule has 1 aromatic heterocycles. The molecule has 0 aliphatic heterocycles. The topological polar surface area (TPSA) is 93.4 Å². The van der Waals surface area contributed by atoms with Crippen LogP contribution in [0.15, 0.2) is 54.1 Å². The number of carbonyl (C=O) groups excluding carboxylic acids is 2. The molecule has 1 amide bonds. The first-order valence-electron chi connectivity index (χ1n) is 10.5. The number of methoxy groups -OCH3 is 1. The molecule has 0 bridgehead atoms. The Morgan fingerprint density at radius 2 is 1.94 bits per heavy atom. The summed E-state index contributed by atoms with van der Waals surface area (Å²) in [6, 6.07) is 15.6. The first-order valence-corrected chi connectivity index (χ1v) is 10.9. The highest BCUT2D eigenvalue weighted by molar-refractivity contribution is 6.32. The predicted molar refractivity (Wildman–Crippen MR) is 131 cm³/mol. The van der Waals surface area contributed by atoms with Crippen LogP contribution in [0.25, 0.3) is 11.8 Å². The van der Waals surface area contributed by atoms with Gasteiger partial charge in [-0.3, -0.25) is 4.79 Å². The van der Waals surface area contributed by atoms with Gasteiger partial charge in [0.15, 0.2) is 0 Å². The van der Waals surface area contributed by atoms with E-state index in [0.717, 1.165) is 11.4 Å². The molecule has 0 aliphatic carbocycles. The smallest absolute Gasteiger partial charge is 0.337 e. The number of anilines is 1. The monoisotopic (exact) mass is 477 g/mol. The number of halogens is 1. The molecule has 0 saturated carbocycles. The van der Waals surface area contributed by atoms with Gasteiger partial charge in [-0.2, -0.15) is 5.26 Å². The number of nitriles is 1. The lowest BCUT2D eigenvalue weighted by molar-refractivity contribution is -0.112. The van der Waals surface area contributed by atoms with Gasteiger partial charge in [0.25, 0.3) is 5.91 Å². The molecule has 0 radical (unpaired) electrons. The number of hydrogen-bond donors (Lipinski definition) is 1. The minimum Gasteiger partial charge on any atom is -0.494 e. The fourth-order valence-corrected chi connectivity index (χ4v) is 3.77. The molecule has 34 heavy (non-hydrogen) atoms. The van der Waals surface area contributed by atoms with Gasteiger partial charge in [-0.25, -0.2) is 4.79 Å². The van der Waals surface area contributed by atoms with E-state index in [2.05, 4.69) is 5.32 Å². The van der Waals surface area contributed by atoms with Gasteiger partial charge in [0.2, 0.25) is 0 Å². The molecule has 0 aliphatic rings. The summed E-state index contributed by atoms with van der Waals surface area (Å²) in [4.78, 5) is 24.8. The summed E-state index contributed by atoms with van der Waals surface area (Å²) >= 11 is 6.43. The SMILES string of the molecule is CCOc1cccc(NC(=O)/C(C#N)=C\c2cc(C)n(-c3cc(C(=O)OC)ccc3Cl)c2C)c1. The largest absolute Gasteiger partial charge is 0.494 e. The second-order valence-corrected chi connectivity index (χ2v) is 7.81. The Kier molecular flexibility index (Phi) is 7.77. The van der Waals surface area contributed by atoms with Gasteiger partial charge in [0, 0.05) is 23.1 Å². The summed E-state index contributed by atoms with van der Waals surface area (Å²) < 4.78 is 12.1. The first kappa shape index (κ1) is 24.6. The maximum atomic E-state index is 12.8. The van der Waals surface area contributed by atoms with Gasteiger partial charge < -0.3 is 19.4 Å². The number of nitrogens with one attached hydrogen (secondary N) is 1. The van der Waals surface area contributed by atoms with Crippen LogP contribution in [0.4, 0.5) is 5.69 Å². The van der Waals surface area contributed by atoms with E-state index in [4.69, 9.17) is 21.1 Å². The van der Waals surface area contributed by atoms with E-state index < -0.39 is 11.9 Å². The van der Waals surface area contributed by atoms with Crippen molar-refractivity contribution in [2.24, 2.45) is 0 Å². The molecule has 8 heteroatoms. The average molecular weight is 478 g/mol. The number of benzene rings is 2. The summed E-state index contributed by atoms with van der Waals surface area (Å²) in [5.41, 5.74) is 3.65. The molecule has 1 N–H and O–H groups in total. The summed E-state index contributed by atoms with van der Waals surface area (Å²) in [5, 5.41) is 12.8. The van der Waals surface area contributed by atoms with Gasteiger partial charge in [0.05, 0.1) is 30.0 Å². The summed E-state index contributed by atoms with van der Waals surface area (Å²) in [5.74, 6) is -0.388. The lowest BCUT2D eigenvalue weighted by Gasteiger charge is -2.13. The van der Waals surface area contributed by atoms with Crippen LogP contribution in [0.5, 0.6) is 5.75 Å². The Labute approximate surface area is 203 Å². The van der Waals surface area contributed by atoms with Crippen molar-refractivity contribution in [2.45, 2.75) is 20.8 Å². The van der Waals surface area contributed by atoms with Crippen molar-refractivity contribution in [1.29, 1.82) is 5.26 Å². The Morgan fingerprint density at radius 1 is 1.18 bits per heavy atom. The van der Waals surface area contributed by atoms with E-state index in [0.29, 0.717) is 39.9 Å². The number of ether oxygens (including phenoxy) is 2. The molecule has 174 valence electrons. The number of esters is 1. The third kappa shape index (κ3) is 5.30. The molecule has 2 aromatic carbocycles. The number of rotatable bonds is 7.